The SMILES string of the molecule is O=C(c1ccc(N2CCN(C(=O)c3ccccc3O)CC2)cc1)c1c(-c2ccc(O)cc2)sc2cc(O)ccc12. The Labute approximate surface area is 234 Å². The number of aromatic hydroxyl groups is 3. The molecule has 5 aromatic rings. The molecule has 1 fully saturated rings. The molecule has 0 unspecified atom stereocenters. The quantitative estimate of drug-likeness (QED) is 0.236. The number of amides is 1. The summed E-state index contributed by atoms with van der Waals surface area (Å²) in [5.74, 6) is -0.0332. The number of phenolic OH excluding ortho intramolecular Hbond substituents is 3. The molecule has 4 aromatic carbocycles. The molecule has 0 bridgehead atoms. The molecule has 0 spiro atoms. The van der Waals surface area contributed by atoms with Gasteiger partial charge in [-0.15, -0.1) is 11.3 Å². The van der Waals surface area contributed by atoms with Crippen LogP contribution in [0.5, 0.6) is 17.2 Å². The number of anilines is 1. The van der Waals surface area contributed by atoms with E-state index in [-0.39, 0.29) is 28.9 Å². The molecular formula is C32H26N2O5S. The van der Waals surface area contributed by atoms with Crippen LogP contribution in [0.2, 0.25) is 0 Å². The summed E-state index contributed by atoms with van der Waals surface area (Å²) in [7, 11) is 0. The summed E-state index contributed by atoms with van der Waals surface area (Å²) in [4.78, 5) is 31.4. The maximum Gasteiger partial charge on any atom is 0.257 e. The zero-order chi connectivity index (χ0) is 27.8. The number of rotatable bonds is 5. The molecule has 0 atom stereocenters. The van der Waals surface area contributed by atoms with Crippen LogP contribution in [0, 0.1) is 0 Å². The van der Waals surface area contributed by atoms with Gasteiger partial charge in [0.15, 0.2) is 5.78 Å². The van der Waals surface area contributed by atoms with Crippen LogP contribution in [0.1, 0.15) is 26.3 Å². The molecule has 0 radical (unpaired) electrons. The fraction of sp³-hybridized carbons (Fsp3) is 0.125. The molecule has 6 rings (SSSR count). The Morgan fingerprint density at radius 2 is 1.40 bits per heavy atom. The molecular weight excluding hydrogens is 524 g/mol. The minimum atomic E-state index is -0.181. The van der Waals surface area contributed by atoms with Crippen molar-refractivity contribution in [2.24, 2.45) is 0 Å². The van der Waals surface area contributed by atoms with E-state index in [1.807, 2.05) is 24.3 Å². The monoisotopic (exact) mass is 550 g/mol. The lowest BCUT2D eigenvalue weighted by molar-refractivity contribution is 0.0743. The smallest absolute Gasteiger partial charge is 0.257 e. The van der Waals surface area contributed by atoms with Crippen molar-refractivity contribution >= 4 is 38.8 Å². The standard InChI is InChI=1S/C32H26N2O5S/c35-23-11-7-21(8-12-23)31-29(26-14-13-24(36)19-28(26)40-31)30(38)20-5-9-22(10-6-20)33-15-17-34(18-16-33)32(39)25-3-1-2-4-27(25)37/h1-14,19,35-37H,15-18H2. The van der Waals surface area contributed by atoms with Gasteiger partial charge in [0.25, 0.3) is 5.91 Å². The van der Waals surface area contributed by atoms with Crippen molar-refractivity contribution in [2.75, 3.05) is 31.1 Å². The molecule has 7 nitrogen and oxygen atoms in total. The minimum absolute atomic E-state index is 0.0149. The van der Waals surface area contributed by atoms with Crippen molar-refractivity contribution in [3.8, 4) is 27.7 Å². The third-order valence-electron chi connectivity index (χ3n) is 7.23. The van der Waals surface area contributed by atoms with Gasteiger partial charge in [-0.05, 0) is 84.4 Å². The van der Waals surface area contributed by atoms with Crippen LogP contribution in [-0.4, -0.2) is 58.1 Å². The minimum Gasteiger partial charge on any atom is -0.508 e. The Hall–Kier alpha value is -4.82. The van der Waals surface area contributed by atoms with Gasteiger partial charge in [0.1, 0.15) is 17.2 Å². The second-order valence-corrected chi connectivity index (χ2v) is 10.8. The zero-order valence-electron chi connectivity index (χ0n) is 21.4. The van der Waals surface area contributed by atoms with Gasteiger partial charge in [-0.2, -0.15) is 0 Å². The topological polar surface area (TPSA) is 101 Å². The van der Waals surface area contributed by atoms with Crippen LogP contribution < -0.4 is 4.90 Å². The molecule has 1 amide bonds. The first kappa shape index (κ1) is 25.5. The third kappa shape index (κ3) is 4.74. The molecule has 0 saturated carbocycles. The highest BCUT2D eigenvalue weighted by Crippen LogP contribution is 2.41. The van der Waals surface area contributed by atoms with Gasteiger partial charge in [-0.1, -0.05) is 12.1 Å². The molecule has 1 aliphatic rings. The summed E-state index contributed by atoms with van der Waals surface area (Å²) in [6.07, 6.45) is 0. The van der Waals surface area contributed by atoms with Crippen LogP contribution >= 0.6 is 11.3 Å². The molecule has 1 aliphatic heterocycles. The summed E-state index contributed by atoms with van der Waals surface area (Å²) in [6, 6.07) is 25.8. The molecule has 0 aliphatic carbocycles. The van der Waals surface area contributed by atoms with Crippen molar-refractivity contribution in [3.05, 3.63) is 108 Å². The molecule has 200 valence electrons. The van der Waals surface area contributed by atoms with Gasteiger partial charge in [-0.25, -0.2) is 0 Å². The molecule has 1 aromatic heterocycles. The number of hydrogen-bond donors (Lipinski definition) is 3. The van der Waals surface area contributed by atoms with Crippen molar-refractivity contribution in [1.82, 2.24) is 4.90 Å². The molecule has 2 heterocycles. The Bertz CT molecular complexity index is 1720. The van der Waals surface area contributed by atoms with E-state index in [0.717, 1.165) is 26.2 Å². The number of piperazine rings is 1. The van der Waals surface area contributed by atoms with Crippen molar-refractivity contribution in [2.45, 2.75) is 0 Å². The van der Waals surface area contributed by atoms with E-state index in [0.29, 0.717) is 42.9 Å². The van der Waals surface area contributed by atoms with Crippen molar-refractivity contribution in [3.63, 3.8) is 0 Å². The molecule has 1 saturated heterocycles. The second kappa shape index (κ2) is 10.4. The predicted octanol–water partition coefficient (Wildman–Crippen LogP) is 5.88. The average Bonchev–Trinajstić information content (AvgIpc) is 3.35. The number of ketones is 1. The summed E-state index contributed by atoms with van der Waals surface area (Å²) < 4.78 is 0.805. The lowest BCUT2D eigenvalue weighted by Gasteiger charge is -2.36. The highest BCUT2D eigenvalue weighted by Gasteiger charge is 2.25. The average molecular weight is 551 g/mol. The number of phenols is 3. The van der Waals surface area contributed by atoms with Crippen LogP contribution in [0.3, 0.4) is 0 Å². The fourth-order valence-corrected chi connectivity index (χ4v) is 6.33. The molecule has 8 heteroatoms. The van der Waals surface area contributed by atoms with E-state index in [1.165, 1.54) is 17.4 Å². The largest absolute Gasteiger partial charge is 0.508 e. The molecule has 40 heavy (non-hydrogen) atoms. The summed E-state index contributed by atoms with van der Waals surface area (Å²) >= 11 is 1.43. The van der Waals surface area contributed by atoms with Crippen LogP contribution in [-0.2, 0) is 0 Å². The zero-order valence-corrected chi connectivity index (χ0v) is 22.3. The maximum atomic E-state index is 13.9. The normalized spacial score (nSPS) is 13.5. The number of nitrogens with zero attached hydrogens (tertiary/aromatic N) is 2. The summed E-state index contributed by atoms with van der Waals surface area (Å²) in [6.45, 7) is 2.32. The summed E-state index contributed by atoms with van der Waals surface area (Å²) in [5, 5.41) is 30.6. The van der Waals surface area contributed by atoms with Crippen LogP contribution in [0.4, 0.5) is 5.69 Å². The van der Waals surface area contributed by atoms with E-state index >= 15 is 0 Å². The van der Waals surface area contributed by atoms with Gasteiger partial charge in [0.2, 0.25) is 0 Å². The first-order valence-corrected chi connectivity index (χ1v) is 13.7. The Kier molecular flexibility index (Phi) is 6.61. The van der Waals surface area contributed by atoms with E-state index in [1.54, 1.807) is 65.6 Å². The van der Waals surface area contributed by atoms with Gasteiger partial charge < -0.3 is 25.1 Å². The Morgan fingerprint density at radius 1 is 0.725 bits per heavy atom. The second-order valence-electron chi connectivity index (χ2n) is 9.71. The Balaban J connectivity index is 1.22. The van der Waals surface area contributed by atoms with Gasteiger partial charge in [0.05, 0.1) is 5.56 Å². The third-order valence-corrected chi connectivity index (χ3v) is 8.43. The first-order valence-electron chi connectivity index (χ1n) is 12.9. The predicted molar refractivity (Wildman–Crippen MR) is 157 cm³/mol. The number of fused-ring (bicyclic) bond motifs is 1. The van der Waals surface area contributed by atoms with Crippen molar-refractivity contribution < 1.29 is 24.9 Å². The number of para-hydroxylation sites is 1. The summed E-state index contributed by atoms with van der Waals surface area (Å²) in [5.41, 5.74) is 3.20. The number of hydrogen-bond acceptors (Lipinski definition) is 7. The number of carbonyl (C=O) groups excluding carboxylic acids is 2. The van der Waals surface area contributed by atoms with Gasteiger partial charge in [0, 0.05) is 58.0 Å². The maximum absolute atomic E-state index is 13.9. The Morgan fingerprint density at radius 3 is 2.10 bits per heavy atom. The first-order chi connectivity index (χ1) is 19.4. The van der Waals surface area contributed by atoms with E-state index in [2.05, 4.69) is 4.90 Å². The van der Waals surface area contributed by atoms with Gasteiger partial charge >= 0.3 is 0 Å². The number of thiophene rings is 1. The van der Waals surface area contributed by atoms with E-state index < -0.39 is 0 Å². The number of benzene rings is 4. The fourth-order valence-electron chi connectivity index (χ4n) is 5.09. The van der Waals surface area contributed by atoms with Crippen molar-refractivity contribution in [1.29, 1.82) is 0 Å². The molecule has 3 N–H and O–H groups in total. The van der Waals surface area contributed by atoms with E-state index in [4.69, 9.17) is 0 Å². The van der Waals surface area contributed by atoms with E-state index in [9.17, 15) is 24.9 Å². The lowest BCUT2D eigenvalue weighted by Crippen LogP contribution is -2.48. The van der Waals surface area contributed by atoms with Gasteiger partial charge in [-0.3, -0.25) is 9.59 Å². The van der Waals surface area contributed by atoms with Crippen LogP contribution in [0.15, 0.2) is 91.0 Å². The number of carbonyl (C=O) groups is 2. The highest BCUT2D eigenvalue weighted by atomic mass is 32.1. The lowest BCUT2D eigenvalue weighted by atomic mass is 9.97. The highest BCUT2D eigenvalue weighted by molar-refractivity contribution is 7.22. The van der Waals surface area contributed by atoms with Crippen LogP contribution in [0.25, 0.3) is 20.5 Å².